The average Bonchev–Trinajstić information content (AvgIpc) is 1.00. The Kier molecular flexibility index (Phi) is 913. The van der Waals surface area contributed by atoms with Gasteiger partial charge < -0.3 is 10.9 Å². The van der Waals surface area contributed by atoms with Gasteiger partial charge >= 0.3 is 0 Å². The van der Waals surface area contributed by atoms with Gasteiger partial charge in [-0.05, 0) is 0 Å². The van der Waals surface area contributed by atoms with Crippen molar-refractivity contribution >= 4 is 6.79 Å². The van der Waals surface area contributed by atoms with Crippen molar-refractivity contribution in [2.45, 2.75) is 0 Å². The number of rotatable bonds is 0. The predicted octanol–water partition coefficient (Wildman–Crippen LogP) is -0.0254. The van der Waals surface area contributed by atoms with Gasteiger partial charge in [-0.3, -0.25) is 0 Å². The van der Waals surface area contributed by atoms with Crippen molar-refractivity contribution in [2.24, 2.45) is 0 Å². The summed E-state index contributed by atoms with van der Waals surface area (Å²) in [6.07, 6.45) is 0. The standard InChI is InChI=1S/CH2O.Ag.H3N/c1-2;;/h1H2;;1H3. The van der Waals surface area contributed by atoms with Gasteiger partial charge in [0.2, 0.25) is 0 Å². The molecule has 3 N–H and O–H groups in total. The largest absolute Gasteiger partial charge is 0.344 e. The minimum atomic E-state index is 0. The summed E-state index contributed by atoms with van der Waals surface area (Å²) in [5.74, 6) is 0. The van der Waals surface area contributed by atoms with Crippen molar-refractivity contribution < 1.29 is 27.2 Å². The molecule has 0 aromatic carbocycles. The number of hydrogen-bond donors (Lipinski definition) is 1. The molecular weight excluding hydrogens is 150 g/mol. The molecule has 31 valence electrons. The third kappa shape index (κ3) is 32.5. The molecule has 0 saturated carbocycles. The van der Waals surface area contributed by atoms with Crippen molar-refractivity contribution in [3.05, 3.63) is 0 Å². The van der Waals surface area contributed by atoms with Crippen LogP contribution in [-0.2, 0) is 27.2 Å². The first kappa shape index (κ1) is 26.4. The predicted molar refractivity (Wildman–Crippen MR) is 12.1 cm³/mol. The minimum absolute atomic E-state index is 0. The molecule has 1 radical (unpaired) electrons. The zero-order chi connectivity index (χ0) is 2.00. The van der Waals surface area contributed by atoms with Crippen LogP contribution in [0.4, 0.5) is 0 Å². The maximum Gasteiger partial charge on any atom is 0.106 e. The van der Waals surface area contributed by atoms with Crippen molar-refractivity contribution in [1.29, 1.82) is 0 Å². The second-order valence-electron chi connectivity index (χ2n) is 0. The molecule has 0 unspecified atom stereocenters. The summed E-state index contributed by atoms with van der Waals surface area (Å²) in [5, 5.41) is 0. The van der Waals surface area contributed by atoms with E-state index in [0.29, 0.717) is 0 Å². The normalized spacial score (nSPS) is 1.00. The van der Waals surface area contributed by atoms with Gasteiger partial charge in [-0.15, -0.1) is 0 Å². The summed E-state index contributed by atoms with van der Waals surface area (Å²) in [5.41, 5.74) is 0. The van der Waals surface area contributed by atoms with E-state index in [0.717, 1.165) is 0 Å². The summed E-state index contributed by atoms with van der Waals surface area (Å²) < 4.78 is 0. The fourth-order valence-electron chi connectivity index (χ4n) is 0. The van der Waals surface area contributed by atoms with E-state index in [9.17, 15) is 0 Å². The van der Waals surface area contributed by atoms with E-state index in [1.165, 1.54) is 0 Å². The van der Waals surface area contributed by atoms with Crippen LogP contribution < -0.4 is 6.15 Å². The van der Waals surface area contributed by atoms with Gasteiger partial charge in [0.15, 0.2) is 0 Å². The van der Waals surface area contributed by atoms with Gasteiger partial charge in [0, 0.05) is 22.4 Å². The number of carbonyl (C=O) groups excluding carboxylic acids is 1. The van der Waals surface area contributed by atoms with Crippen LogP contribution in [0.5, 0.6) is 0 Å². The molecule has 0 bridgehead atoms. The Labute approximate surface area is 40.7 Å². The Hall–Kier alpha value is 0.370. The van der Waals surface area contributed by atoms with Crippen LogP contribution in [0.2, 0.25) is 0 Å². The van der Waals surface area contributed by atoms with Gasteiger partial charge in [0.1, 0.15) is 6.79 Å². The molecule has 0 heterocycles. The molecule has 0 spiro atoms. The molecule has 0 rings (SSSR count). The van der Waals surface area contributed by atoms with E-state index in [1.807, 2.05) is 6.79 Å². The number of hydrogen-bond acceptors (Lipinski definition) is 2. The Bertz CT molecular complexity index is 8.00. The molecular formula is CH5AgNO. The average molecular weight is 155 g/mol. The zero-order valence-corrected chi connectivity index (χ0v) is 3.61. The van der Waals surface area contributed by atoms with E-state index >= 15 is 0 Å². The maximum atomic E-state index is 8.00. The molecule has 0 aromatic heterocycles. The molecule has 0 saturated heterocycles. The second kappa shape index (κ2) is 138. The molecule has 0 amide bonds. The smallest absolute Gasteiger partial charge is 0.106 e. The van der Waals surface area contributed by atoms with Crippen LogP contribution in [0.3, 0.4) is 0 Å². The molecule has 4 heavy (non-hydrogen) atoms. The molecule has 0 aliphatic carbocycles. The van der Waals surface area contributed by atoms with Crippen LogP contribution in [0.15, 0.2) is 0 Å². The van der Waals surface area contributed by atoms with E-state index in [-0.39, 0.29) is 28.5 Å². The summed E-state index contributed by atoms with van der Waals surface area (Å²) >= 11 is 0. The quantitative estimate of drug-likeness (QED) is 0.499. The Morgan fingerprint density at radius 1 is 1.25 bits per heavy atom. The van der Waals surface area contributed by atoms with Crippen molar-refractivity contribution in [3.63, 3.8) is 0 Å². The maximum absolute atomic E-state index is 8.00. The van der Waals surface area contributed by atoms with Crippen molar-refractivity contribution in [3.8, 4) is 0 Å². The monoisotopic (exact) mass is 154 g/mol. The first-order valence-electron chi connectivity index (χ1n) is 0.289. The number of carbonyl (C=O) groups is 1. The van der Waals surface area contributed by atoms with Gasteiger partial charge in [-0.1, -0.05) is 0 Å². The van der Waals surface area contributed by atoms with E-state index in [1.54, 1.807) is 0 Å². The van der Waals surface area contributed by atoms with Crippen LogP contribution in [-0.4, -0.2) is 6.79 Å². The van der Waals surface area contributed by atoms with Crippen molar-refractivity contribution in [2.75, 3.05) is 0 Å². The third-order valence-corrected chi connectivity index (χ3v) is 0. The van der Waals surface area contributed by atoms with Crippen LogP contribution >= 0.6 is 0 Å². The molecule has 0 fully saturated rings. The zero-order valence-electron chi connectivity index (χ0n) is 2.12. The van der Waals surface area contributed by atoms with Crippen LogP contribution in [0.1, 0.15) is 0 Å². The molecule has 2 nitrogen and oxygen atoms in total. The summed E-state index contributed by atoms with van der Waals surface area (Å²) in [6, 6.07) is 0. The van der Waals surface area contributed by atoms with Crippen LogP contribution in [0, 0.1) is 0 Å². The minimum Gasteiger partial charge on any atom is -0.344 e. The molecule has 0 atom stereocenters. The first-order chi connectivity index (χ1) is 1.00. The fraction of sp³-hybridized carbons (Fsp3) is 0. The Morgan fingerprint density at radius 2 is 1.25 bits per heavy atom. The topological polar surface area (TPSA) is 52.1 Å². The van der Waals surface area contributed by atoms with Crippen LogP contribution in [0.25, 0.3) is 0 Å². The van der Waals surface area contributed by atoms with Gasteiger partial charge in [-0.2, -0.15) is 0 Å². The van der Waals surface area contributed by atoms with Gasteiger partial charge in [0.25, 0.3) is 0 Å². The molecule has 0 aliphatic heterocycles. The Morgan fingerprint density at radius 3 is 1.25 bits per heavy atom. The molecule has 0 aromatic rings. The Balaban J connectivity index is -0.00000000500. The van der Waals surface area contributed by atoms with E-state index in [2.05, 4.69) is 0 Å². The SMILES string of the molecule is C=O.N.[Ag]. The van der Waals surface area contributed by atoms with Crippen molar-refractivity contribution in [1.82, 2.24) is 6.15 Å². The molecule has 0 aliphatic rings. The van der Waals surface area contributed by atoms with Gasteiger partial charge in [-0.25, -0.2) is 0 Å². The van der Waals surface area contributed by atoms with Gasteiger partial charge in [0.05, 0.1) is 0 Å². The summed E-state index contributed by atoms with van der Waals surface area (Å²) in [7, 11) is 0. The first-order valence-corrected chi connectivity index (χ1v) is 0.289. The third-order valence-electron chi connectivity index (χ3n) is 0. The summed E-state index contributed by atoms with van der Waals surface area (Å²) in [6.45, 7) is 2.00. The summed E-state index contributed by atoms with van der Waals surface area (Å²) in [4.78, 5) is 8.00. The molecule has 3 heteroatoms. The van der Waals surface area contributed by atoms with E-state index < -0.39 is 0 Å². The van der Waals surface area contributed by atoms with E-state index in [4.69, 9.17) is 4.79 Å². The second-order valence-corrected chi connectivity index (χ2v) is 0. The fourth-order valence-corrected chi connectivity index (χ4v) is 0.